The van der Waals surface area contributed by atoms with Gasteiger partial charge in [0.25, 0.3) is 5.78 Å². The molecule has 1 aromatic rings. The van der Waals surface area contributed by atoms with Crippen LogP contribution >= 0.6 is 11.6 Å². The van der Waals surface area contributed by atoms with Crippen LogP contribution in [0.2, 0.25) is 5.02 Å². The van der Waals surface area contributed by atoms with Gasteiger partial charge in [-0.1, -0.05) is 11.6 Å². The number of carbonyl (C=O) groups is 2. The number of carboxylic acid groups (broad SMARTS) is 1. The van der Waals surface area contributed by atoms with E-state index in [1.54, 1.807) is 6.92 Å². The second-order valence-corrected chi connectivity index (χ2v) is 3.15. The van der Waals surface area contributed by atoms with Crippen LogP contribution < -0.4 is 0 Å². The van der Waals surface area contributed by atoms with E-state index >= 15 is 0 Å². The molecule has 74 valence electrons. The van der Waals surface area contributed by atoms with E-state index in [0.29, 0.717) is 5.56 Å². The predicted octanol–water partition coefficient (Wildman–Crippen LogP) is 2.05. The van der Waals surface area contributed by atoms with Gasteiger partial charge in [0.15, 0.2) is 5.82 Å². The van der Waals surface area contributed by atoms with Gasteiger partial charge in [-0.05, 0) is 24.6 Å². The van der Waals surface area contributed by atoms with E-state index in [9.17, 15) is 14.0 Å². The monoisotopic (exact) mass is 216 g/mol. The maximum Gasteiger partial charge on any atom is 0.377 e. The van der Waals surface area contributed by atoms with Gasteiger partial charge in [0.1, 0.15) is 0 Å². The van der Waals surface area contributed by atoms with Crippen molar-refractivity contribution in [2.24, 2.45) is 0 Å². The van der Waals surface area contributed by atoms with E-state index in [2.05, 4.69) is 0 Å². The van der Waals surface area contributed by atoms with E-state index in [1.165, 1.54) is 6.07 Å². The maximum absolute atomic E-state index is 13.2. The summed E-state index contributed by atoms with van der Waals surface area (Å²) >= 11 is 5.45. The van der Waals surface area contributed by atoms with Gasteiger partial charge >= 0.3 is 5.97 Å². The molecule has 0 aromatic heterocycles. The number of Topliss-reactive ketones (excluding diaryl/α,β-unsaturated/α-hetero) is 1. The van der Waals surface area contributed by atoms with Crippen molar-refractivity contribution in [3.63, 3.8) is 0 Å². The van der Waals surface area contributed by atoms with E-state index in [0.717, 1.165) is 6.07 Å². The van der Waals surface area contributed by atoms with E-state index in [-0.39, 0.29) is 5.02 Å². The molecule has 0 aliphatic rings. The Balaban J connectivity index is 3.34. The van der Waals surface area contributed by atoms with Gasteiger partial charge in [-0.2, -0.15) is 0 Å². The van der Waals surface area contributed by atoms with Crippen molar-refractivity contribution in [3.05, 3.63) is 34.1 Å². The quantitative estimate of drug-likeness (QED) is 0.608. The largest absolute Gasteiger partial charge is 0.475 e. The molecule has 0 fully saturated rings. The fourth-order valence-electron chi connectivity index (χ4n) is 1.01. The highest BCUT2D eigenvalue weighted by Gasteiger charge is 2.20. The van der Waals surface area contributed by atoms with Gasteiger partial charge < -0.3 is 5.11 Å². The SMILES string of the molecule is Cc1cc(Cl)c(F)c(C(=O)C(=O)O)c1. The molecular formula is C9H6ClFO3. The number of benzene rings is 1. The minimum Gasteiger partial charge on any atom is -0.475 e. The normalized spacial score (nSPS) is 9.93. The molecule has 0 heterocycles. The Kier molecular flexibility index (Phi) is 2.86. The predicted molar refractivity (Wildman–Crippen MR) is 48.1 cm³/mol. The van der Waals surface area contributed by atoms with Crippen LogP contribution in [0.1, 0.15) is 15.9 Å². The summed E-state index contributed by atoms with van der Waals surface area (Å²) in [5.74, 6) is -4.00. The van der Waals surface area contributed by atoms with Crippen molar-refractivity contribution in [3.8, 4) is 0 Å². The molecule has 0 bridgehead atoms. The lowest BCUT2D eigenvalue weighted by Gasteiger charge is -2.02. The third-order valence-electron chi connectivity index (χ3n) is 1.61. The topological polar surface area (TPSA) is 54.4 Å². The van der Waals surface area contributed by atoms with Crippen LogP contribution in [0.3, 0.4) is 0 Å². The van der Waals surface area contributed by atoms with Crippen LogP contribution in [0.5, 0.6) is 0 Å². The number of halogens is 2. The Morgan fingerprint density at radius 3 is 2.50 bits per heavy atom. The molecule has 3 nitrogen and oxygen atoms in total. The van der Waals surface area contributed by atoms with Crippen LogP contribution in [-0.2, 0) is 4.79 Å². The molecule has 0 atom stereocenters. The number of carbonyl (C=O) groups excluding carboxylic acids is 1. The first kappa shape index (κ1) is 10.7. The number of ketones is 1. The molecule has 14 heavy (non-hydrogen) atoms. The number of hydrogen-bond acceptors (Lipinski definition) is 2. The zero-order valence-corrected chi connectivity index (χ0v) is 7.93. The maximum atomic E-state index is 13.2. The lowest BCUT2D eigenvalue weighted by atomic mass is 10.1. The number of hydrogen-bond donors (Lipinski definition) is 1. The molecule has 0 radical (unpaired) electrons. The fourth-order valence-corrected chi connectivity index (χ4v) is 1.28. The molecule has 0 unspecified atom stereocenters. The zero-order valence-electron chi connectivity index (χ0n) is 7.17. The van der Waals surface area contributed by atoms with E-state index in [4.69, 9.17) is 16.7 Å². The lowest BCUT2D eigenvalue weighted by Crippen LogP contribution is -2.14. The highest BCUT2D eigenvalue weighted by Crippen LogP contribution is 2.20. The van der Waals surface area contributed by atoms with Crippen LogP contribution in [-0.4, -0.2) is 16.9 Å². The van der Waals surface area contributed by atoms with E-state index < -0.39 is 23.1 Å². The second kappa shape index (κ2) is 3.75. The molecule has 1 aromatic carbocycles. The first-order valence-electron chi connectivity index (χ1n) is 3.66. The van der Waals surface area contributed by atoms with Gasteiger partial charge in [0.05, 0.1) is 10.6 Å². The molecule has 0 saturated carbocycles. The van der Waals surface area contributed by atoms with Gasteiger partial charge in [-0.15, -0.1) is 0 Å². The van der Waals surface area contributed by atoms with Crippen LogP contribution in [0.25, 0.3) is 0 Å². The Hall–Kier alpha value is -1.42. The third kappa shape index (κ3) is 1.90. The highest BCUT2D eigenvalue weighted by atomic mass is 35.5. The Morgan fingerprint density at radius 1 is 1.43 bits per heavy atom. The van der Waals surface area contributed by atoms with Crippen molar-refractivity contribution in [2.75, 3.05) is 0 Å². The van der Waals surface area contributed by atoms with Crippen molar-refractivity contribution in [1.82, 2.24) is 0 Å². The van der Waals surface area contributed by atoms with Crippen molar-refractivity contribution in [2.45, 2.75) is 6.92 Å². The fraction of sp³-hybridized carbons (Fsp3) is 0.111. The Labute approximate surface area is 84.1 Å². The van der Waals surface area contributed by atoms with Crippen molar-refractivity contribution in [1.29, 1.82) is 0 Å². The van der Waals surface area contributed by atoms with Crippen molar-refractivity contribution >= 4 is 23.4 Å². The summed E-state index contributed by atoms with van der Waals surface area (Å²) < 4.78 is 13.2. The Bertz CT molecular complexity index is 415. The van der Waals surface area contributed by atoms with Gasteiger partial charge in [0, 0.05) is 0 Å². The second-order valence-electron chi connectivity index (χ2n) is 2.74. The van der Waals surface area contributed by atoms with Crippen LogP contribution in [0.4, 0.5) is 4.39 Å². The average molecular weight is 217 g/mol. The van der Waals surface area contributed by atoms with Gasteiger partial charge in [-0.25, -0.2) is 9.18 Å². The van der Waals surface area contributed by atoms with Crippen LogP contribution in [0.15, 0.2) is 12.1 Å². The first-order valence-corrected chi connectivity index (χ1v) is 4.04. The lowest BCUT2D eigenvalue weighted by molar-refractivity contribution is -0.131. The average Bonchev–Trinajstić information content (AvgIpc) is 2.09. The van der Waals surface area contributed by atoms with E-state index in [1.807, 2.05) is 0 Å². The third-order valence-corrected chi connectivity index (χ3v) is 1.89. The molecule has 5 heteroatoms. The first-order chi connectivity index (χ1) is 6.43. The molecule has 0 aliphatic heterocycles. The van der Waals surface area contributed by atoms with Crippen molar-refractivity contribution < 1.29 is 19.1 Å². The molecule has 0 amide bonds. The summed E-state index contributed by atoms with van der Waals surface area (Å²) in [5, 5.41) is 8.13. The smallest absolute Gasteiger partial charge is 0.377 e. The number of carboxylic acids is 1. The summed E-state index contributed by atoms with van der Waals surface area (Å²) in [5.41, 5.74) is 0.0171. The summed E-state index contributed by atoms with van der Waals surface area (Å²) in [4.78, 5) is 21.3. The minimum absolute atomic E-state index is 0.255. The van der Waals surface area contributed by atoms with Gasteiger partial charge in [0.2, 0.25) is 0 Å². The molecule has 0 saturated heterocycles. The minimum atomic E-state index is -1.70. The molecular weight excluding hydrogens is 211 g/mol. The summed E-state index contributed by atoms with van der Waals surface area (Å²) in [7, 11) is 0. The van der Waals surface area contributed by atoms with Crippen LogP contribution in [0, 0.1) is 12.7 Å². The Morgan fingerprint density at radius 2 is 2.00 bits per heavy atom. The summed E-state index contributed by atoms with van der Waals surface area (Å²) in [6, 6.07) is 2.47. The molecule has 1 rings (SSSR count). The number of aryl methyl sites for hydroxylation is 1. The van der Waals surface area contributed by atoms with Gasteiger partial charge in [-0.3, -0.25) is 4.79 Å². The molecule has 1 N–H and O–H groups in total. The summed E-state index contributed by atoms with van der Waals surface area (Å²) in [6.45, 7) is 1.59. The number of rotatable bonds is 2. The zero-order chi connectivity index (χ0) is 10.9. The highest BCUT2D eigenvalue weighted by molar-refractivity contribution is 6.40. The summed E-state index contributed by atoms with van der Waals surface area (Å²) in [6.07, 6.45) is 0. The molecule has 0 spiro atoms. The molecule has 0 aliphatic carbocycles. The standard InChI is InChI=1S/C9H6ClFO3/c1-4-2-5(8(12)9(13)14)7(11)6(10)3-4/h2-3H,1H3,(H,13,14). The number of aliphatic carboxylic acids is 1.